The van der Waals surface area contributed by atoms with Crippen LogP contribution in [0.2, 0.25) is 0 Å². The van der Waals surface area contributed by atoms with E-state index < -0.39 is 18.0 Å². The number of ether oxygens (including phenoxy) is 1. The number of nitrogens with one attached hydrogen (secondary N) is 2. The maximum atomic E-state index is 13.2. The van der Waals surface area contributed by atoms with Crippen LogP contribution in [0.5, 0.6) is 0 Å². The van der Waals surface area contributed by atoms with Crippen LogP contribution in [0, 0.1) is 11.8 Å². The van der Waals surface area contributed by atoms with Crippen LogP contribution in [0.15, 0.2) is 86.0 Å². The molecule has 0 aliphatic rings. The lowest BCUT2D eigenvalue weighted by Gasteiger charge is -2.23. The maximum absolute atomic E-state index is 13.2. The van der Waals surface area contributed by atoms with Gasteiger partial charge in [0.05, 0.1) is 24.5 Å². The highest BCUT2D eigenvalue weighted by molar-refractivity contribution is 7.98. The van der Waals surface area contributed by atoms with Gasteiger partial charge in [-0.1, -0.05) is 72.8 Å². The van der Waals surface area contributed by atoms with Crippen LogP contribution < -0.4 is 10.6 Å². The van der Waals surface area contributed by atoms with Crippen molar-refractivity contribution >= 4 is 29.5 Å². The van der Waals surface area contributed by atoms with Crippen LogP contribution in [-0.4, -0.2) is 53.9 Å². The molecule has 0 aromatic heterocycles. The Morgan fingerprint density at radius 2 is 1.52 bits per heavy atom. The Labute approximate surface area is 242 Å². The summed E-state index contributed by atoms with van der Waals surface area (Å²) < 4.78 is 5.74. The molecule has 0 unspecified atom stereocenters. The standard InChI is InChI=1S/C32H42N2O5S/c1-4-12-27(19-30(36)33-24(3)20-35)31(37)34-29(23-40-22-26-16-10-7-11-17-26)21-39-32(38)28(13-5-2)18-25-14-8-6-9-15-25/h4-11,14-17,24,27-29,35H,1-2,12-13,18-23H2,3H3,(H,33,36)(H,34,37)/t24-,27-,28+,29+/m0/s1. The zero-order valence-electron chi connectivity index (χ0n) is 23.3. The van der Waals surface area contributed by atoms with E-state index in [1.807, 2.05) is 60.7 Å². The van der Waals surface area contributed by atoms with E-state index in [9.17, 15) is 19.5 Å². The Hall–Kier alpha value is -3.36. The number of thioether (sulfide) groups is 1. The van der Waals surface area contributed by atoms with E-state index in [1.165, 1.54) is 0 Å². The lowest BCUT2D eigenvalue weighted by atomic mass is 9.96. The molecule has 2 aromatic carbocycles. The van der Waals surface area contributed by atoms with Crippen molar-refractivity contribution in [3.05, 3.63) is 97.1 Å². The molecule has 2 aromatic rings. The van der Waals surface area contributed by atoms with E-state index in [4.69, 9.17) is 4.74 Å². The quantitative estimate of drug-likeness (QED) is 0.171. The average molecular weight is 567 g/mol. The Morgan fingerprint density at radius 1 is 0.925 bits per heavy atom. The van der Waals surface area contributed by atoms with Crippen molar-refractivity contribution in [2.45, 2.75) is 50.4 Å². The van der Waals surface area contributed by atoms with Crippen molar-refractivity contribution in [2.75, 3.05) is 19.0 Å². The Balaban J connectivity index is 2.06. The molecule has 0 fully saturated rings. The maximum Gasteiger partial charge on any atom is 0.309 e. The molecule has 4 atom stereocenters. The van der Waals surface area contributed by atoms with E-state index in [2.05, 4.69) is 23.8 Å². The van der Waals surface area contributed by atoms with Gasteiger partial charge in [-0.3, -0.25) is 14.4 Å². The predicted molar refractivity (Wildman–Crippen MR) is 162 cm³/mol. The van der Waals surface area contributed by atoms with Crippen molar-refractivity contribution in [2.24, 2.45) is 11.8 Å². The van der Waals surface area contributed by atoms with Crippen molar-refractivity contribution in [3.8, 4) is 0 Å². The van der Waals surface area contributed by atoms with Crippen molar-refractivity contribution < 1.29 is 24.2 Å². The second-order valence-corrected chi connectivity index (χ2v) is 10.9. The van der Waals surface area contributed by atoms with Gasteiger partial charge in [0.2, 0.25) is 11.8 Å². The second kappa shape index (κ2) is 18.8. The number of amides is 2. The molecule has 40 heavy (non-hydrogen) atoms. The average Bonchev–Trinajstić information content (AvgIpc) is 2.96. The molecule has 0 saturated heterocycles. The van der Waals surface area contributed by atoms with Gasteiger partial charge in [0.25, 0.3) is 0 Å². The van der Waals surface area contributed by atoms with Crippen LogP contribution in [-0.2, 0) is 31.3 Å². The number of rotatable bonds is 19. The van der Waals surface area contributed by atoms with Gasteiger partial charge < -0.3 is 20.5 Å². The molecule has 216 valence electrons. The summed E-state index contributed by atoms with van der Waals surface area (Å²) >= 11 is 1.63. The van der Waals surface area contributed by atoms with Crippen LogP contribution in [0.3, 0.4) is 0 Å². The summed E-state index contributed by atoms with van der Waals surface area (Å²) in [5, 5.41) is 14.9. The topological polar surface area (TPSA) is 105 Å². The number of hydrogen-bond acceptors (Lipinski definition) is 6. The van der Waals surface area contributed by atoms with Crippen molar-refractivity contribution in [1.29, 1.82) is 0 Å². The molecular formula is C32H42N2O5S. The lowest BCUT2D eigenvalue weighted by Crippen LogP contribution is -2.45. The molecular weight excluding hydrogens is 524 g/mol. The van der Waals surface area contributed by atoms with Gasteiger partial charge in [-0.05, 0) is 37.3 Å². The summed E-state index contributed by atoms with van der Waals surface area (Å²) in [5.74, 6) is -0.709. The smallest absolute Gasteiger partial charge is 0.309 e. The first-order chi connectivity index (χ1) is 19.4. The Bertz CT molecular complexity index is 1060. The number of benzene rings is 2. The third kappa shape index (κ3) is 12.7. The zero-order valence-corrected chi connectivity index (χ0v) is 24.1. The minimum Gasteiger partial charge on any atom is -0.463 e. The third-order valence-corrected chi connectivity index (χ3v) is 7.42. The lowest BCUT2D eigenvalue weighted by molar-refractivity contribution is -0.149. The number of carbonyl (C=O) groups is 3. The first-order valence-electron chi connectivity index (χ1n) is 13.6. The summed E-state index contributed by atoms with van der Waals surface area (Å²) in [5.41, 5.74) is 2.19. The number of hydrogen-bond donors (Lipinski definition) is 3. The largest absolute Gasteiger partial charge is 0.463 e. The number of carbonyl (C=O) groups excluding carboxylic acids is 3. The van der Waals surface area contributed by atoms with Gasteiger partial charge in [0, 0.05) is 24.0 Å². The van der Waals surface area contributed by atoms with Gasteiger partial charge in [-0.2, -0.15) is 11.8 Å². The van der Waals surface area contributed by atoms with Gasteiger partial charge in [-0.25, -0.2) is 0 Å². The molecule has 0 bridgehead atoms. The summed E-state index contributed by atoms with van der Waals surface area (Å²) in [6, 6.07) is 18.9. The molecule has 7 nitrogen and oxygen atoms in total. The fraction of sp³-hybridized carbons (Fsp3) is 0.406. The fourth-order valence-electron chi connectivity index (χ4n) is 4.09. The highest BCUT2D eigenvalue weighted by Gasteiger charge is 2.26. The van der Waals surface area contributed by atoms with Gasteiger partial charge >= 0.3 is 5.97 Å². The van der Waals surface area contributed by atoms with Gasteiger partial charge in [-0.15, -0.1) is 13.2 Å². The molecule has 8 heteroatoms. The number of allylic oxidation sites excluding steroid dienone is 2. The van der Waals surface area contributed by atoms with E-state index >= 15 is 0 Å². The SMILES string of the molecule is C=CC[C@@H](CC(=O)N[C@@H](C)CO)C(=O)N[C@H](COC(=O)[C@H](CC=C)Cc1ccccc1)CSCc1ccccc1. The summed E-state index contributed by atoms with van der Waals surface area (Å²) in [6.07, 6.45) is 4.62. The molecule has 0 aliphatic heterocycles. The summed E-state index contributed by atoms with van der Waals surface area (Å²) in [7, 11) is 0. The summed E-state index contributed by atoms with van der Waals surface area (Å²) in [4.78, 5) is 38.7. The Morgan fingerprint density at radius 3 is 2.12 bits per heavy atom. The molecule has 3 N–H and O–H groups in total. The summed E-state index contributed by atoms with van der Waals surface area (Å²) in [6.45, 7) is 9.03. The van der Waals surface area contributed by atoms with Crippen molar-refractivity contribution in [1.82, 2.24) is 10.6 Å². The van der Waals surface area contributed by atoms with Crippen LogP contribution >= 0.6 is 11.8 Å². The molecule has 2 rings (SSSR count). The van der Waals surface area contributed by atoms with Gasteiger partial charge in [0.15, 0.2) is 0 Å². The molecule has 0 radical (unpaired) electrons. The van der Waals surface area contributed by atoms with E-state index in [0.717, 1.165) is 16.9 Å². The van der Waals surface area contributed by atoms with E-state index in [1.54, 1.807) is 30.8 Å². The van der Waals surface area contributed by atoms with E-state index in [-0.39, 0.29) is 43.3 Å². The van der Waals surface area contributed by atoms with Crippen molar-refractivity contribution in [3.63, 3.8) is 0 Å². The minimum absolute atomic E-state index is 0.0172. The van der Waals surface area contributed by atoms with Crippen LogP contribution in [0.25, 0.3) is 0 Å². The molecule has 0 heterocycles. The number of aliphatic hydroxyl groups excluding tert-OH is 1. The first kappa shape index (κ1) is 32.8. The van der Waals surface area contributed by atoms with Crippen LogP contribution in [0.4, 0.5) is 0 Å². The highest BCUT2D eigenvalue weighted by atomic mass is 32.2. The number of esters is 1. The van der Waals surface area contributed by atoms with E-state index in [0.29, 0.717) is 25.0 Å². The normalized spacial score (nSPS) is 13.8. The molecule has 0 aliphatic carbocycles. The Kier molecular flexibility index (Phi) is 15.5. The van der Waals surface area contributed by atoms with Gasteiger partial charge in [0.1, 0.15) is 6.61 Å². The molecule has 0 spiro atoms. The third-order valence-electron chi connectivity index (χ3n) is 6.25. The molecule has 2 amide bonds. The first-order valence-corrected chi connectivity index (χ1v) is 14.8. The second-order valence-electron chi connectivity index (χ2n) is 9.82. The molecule has 0 saturated carbocycles. The highest BCUT2D eigenvalue weighted by Crippen LogP contribution is 2.18. The number of aliphatic hydroxyl groups is 1. The monoisotopic (exact) mass is 566 g/mol. The fourth-order valence-corrected chi connectivity index (χ4v) is 5.10. The van der Waals surface area contributed by atoms with Crippen LogP contribution in [0.1, 0.15) is 37.3 Å². The zero-order chi connectivity index (χ0) is 29.2. The predicted octanol–water partition coefficient (Wildman–Crippen LogP) is 4.46. The minimum atomic E-state index is -0.632.